The van der Waals surface area contributed by atoms with Gasteiger partial charge in [-0.3, -0.25) is 18.6 Å². The molecule has 0 aromatic carbocycles. The highest BCUT2D eigenvalue weighted by Crippen LogP contribution is 2.43. The normalized spacial score (nSPS) is 14.5. The molecule has 0 aliphatic heterocycles. The van der Waals surface area contributed by atoms with E-state index in [9.17, 15) is 19.0 Å². The highest BCUT2D eigenvalue weighted by Gasteiger charge is 2.30. The van der Waals surface area contributed by atoms with E-state index in [0.717, 1.165) is 96.3 Å². The molecule has 0 bridgehead atoms. The molecule has 0 aromatic heterocycles. The summed E-state index contributed by atoms with van der Waals surface area (Å²) < 4.78 is 30.5. The Balaban J connectivity index is 5.39. The lowest BCUT2D eigenvalue weighted by Gasteiger charge is -2.27. The van der Waals surface area contributed by atoms with Crippen LogP contribution in [0, 0.1) is 0 Å². The molecule has 0 aliphatic rings. The maximum atomic E-state index is 13.5. The molecule has 0 saturated heterocycles. The van der Waals surface area contributed by atoms with Crippen LogP contribution in [0.4, 0.5) is 0 Å². The number of carbonyl (C=O) groups is 2. The van der Waals surface area contributed by atoms with E-state index in [-0.39, 0.29) is 31.5 Å². The molecule has 10 heteroatoms. The van der Waals surface area contributed by atoms with Crippen LogP contribution < -0.4 is 5.32 Å². The third-order valence-electron chi connectivity index (χ3n) is 12.3. The van der Waals surface area contributed by atoms with Crippen molar-refractivity contribution in [2.24, 2.45) is 0 Å². The van der Waals surface area contributed by atoms with Crippen molar-refractivity contribution in [3.8, 4) is 0 Å². The number of phosphoric acid groups is 1. The SMILES string of the molecule is CC/C=C\C/C=C\C/C=C\C/C=C\C/C=C\C/C=C\CCCCC(=O)OC(/C=C\CCCCCCCCCCC)C(COP(=O)(O)OCC[N+](C)(C)C)NC(=O)CCCCC/C=C\CCCCCCCCC. The van der Waals surface area contributed by atoms with Crippen LogP contribution >= 0.6 is 7.82 Å². The van der Waals surface area contributed by atoms with Crippen molar-refractivity contribution in [2.45, 2.75) is 245 Å². The van der Waals surface area contributed by atoms with Crippen LogP contribution in [0.25, 0.3) is 0 Å². The van der Waals surface area contributed by atoms with Crippen LogP contribution in [-0.4, -0.2) is 74.3 Å². The first-order valence-corrected chi connectivity index (χ1v) is 30.6. The molecular weight excluding hydrogens is 916 g/mol. The maximum absolute atomic E-state index is 13.5. The number of ether oxygens (including phenoxy) is 1. The molecule has 3 unspecified atom stereocenters. The second kappa shape index (κ2) is 51.4. The molecule has 0 aliphatic carbocycles. The number of nitrogens with one attached hydrogen (secondary N) is 1. The largest absolute Gasteiger partial charge is 0.472 e. The second-order valence-electron chi connectivity index (χ2n) is 20.4. The average Bonchev–Trinajstić information content (AvgIpc) is 3.34. The predicted molar refractivity (Wildman–Crippen MR) is 309 cm³/mol. The summed E-state index contributed by atoms with van der Waals surface area (Å²) in [5, 5.41) is 3.02. The van der Waals surface area contributed by atoms with E-state index in [1.165, 1.54) is 89.9 Å². The maximum Gasteiger partial charge on any atom is 0.472 e. The summed E-state index contributed by atoms with van der Waals surface area (Å²) in [6, 6.07) is -0.878. The van der Waals surface area contributed by atoms with Gasteiger partial charge in [-0.1, -0.05) is 208 Å². The lowest BCUT2D eigenvalue weighted by atomic mass is 10.1. The lowest BCUT2D eigenvalue weighted by Crippen LogP contribution is -2.47. The zero-order chi connectivity index (χ0) is 52.9. The fourth-order valence-electron chi connectivity index (χ4n) is 7.76. The molecule has 3 atom stereocenters. The molecule has 0 rings (SSSR count). The number of unbranched alkanes of at least 4 members (excludes halogenated alkanes) is 21. The molecule has 1 amide bonds. The average molecular weight is 1030 g/mol. The van der Waals surface area contributed by atoms with Crippen LogP contribution in [0.5, 0.6) is 0 Å². The van der Waals surface area contributed by atoms with E-state index < -0.39 is 20.0 Å². The highest BCUT2D eigenvalue weighted by atomic mass is 31.2. The van der Waals surface area contributed by atoms with Crippen LogP contribution in [-0.2, 0) is 27.9 Å². The summed E-state index contributed by atoms with van der Waals surface area (Å²) >= 11 is 0. The fraction of sp³-hybridized carbons (Fsp3) is 0.710. The monoisotopic (exact) mass is 1030 g/mol. The first-order chi connectivity index (χ1) is 34.9. The topological polar surface area (TPSA) is 111 Å². The number of hydrogen-bond donors (Lipinski definition) is 2. The van der Waals surface area contributed by atoms with Crippen molar-refractivity contribution in [2.75, 3.05) is 40.9 Å². The number of allylic oxidation sites excluding steroid dienone is 15. The Labute approximate surface area is 443 Å². The van der Waals surface area contributed by atoms with Gasteiger partial charge in [0.05, 0.1) is 33.8 Å². The molecule has 0 saturated carbocycles. The van der Waals surface area contributed by atoms with Gasteiger partial charge < -0.3 is 19.4 Å². The van der Waals surface area contributed by atoms with Gasteiger partial charge in [0.1, 0.15) is 19.3 Å². The first kappa shape index (κ1) is 68.9. The number of esters is 1. The fourth-order valence-corrected chi connectivity index (χ4v) is 8.50. The van der Waals surface area contributed by atoms with Gasteiger partial charge in [0.25, 0.3) is 0 Å². The molecule has 0 spiro atoms. The van der Waals surface area contributed by atoms with Crippen molar-refractivity contribution >= 4 is 19.7 Å². The van der Waals surface area contributed by atoms with Crippen LogP contribution in [0.15, 0.2) is 97.2 Å². The summed E-state index contributed by atoms with van der Waals surface area (Å²) in [6.07, 6.45) is 68.4. The summed E-state index contributed by atoms with van der Waals surface area (Å²) in [6.45, 7) is 6.83. The van der Waals surface area contributed by atoms with E-state index in [1.54, 1.807) is 0 Å². The number of amides is 1. The van der Waals surface area contributed by atoms with E-state index in [2.05, 4.69) is 111 Å². The molecular formula is C62H110N2O7P+. The molecule has 0 fully saturated rings. The molecule has 0 heterocycles. The molecule has 414 valence electrons. The van der Waals surface area contributed by atoms with E-state index in [1.807, 2.05) is 33.3 Å². The number of carbonyl (C=O) groups excluding carboxylic acids is 2. The zero-order valence-corrected chi connectivity index (χ0v) is 48.0. The van der Waals surface area contributed by atoms with Crippen molar-refractivity contribution in [3.63, 3.8) is 0 Å². The Hall–Kier alpha value is -3.07. The standard InChI is InChI=1S/C62H109N2O7P/c1-7-10-13-16-19-22-25-27-29-30-31-32-33-34-35-37-40-43-46-49-52-55-62(66)71-60(53-50-47-44-41-38-24-21-18-15-12-9-3)59(58-70-72(67,68)69-57-56-64(4,5)6)63-61(65)54-51-48-45-42-39-36-28-26-23-20-17-14-11-8-2/h10,13,19,22,27,29,31-32,34-36,39-40,43,50,53,59-60H,7-9,11-12,14-18,20-21,23-26,28,30,33,37-38,41-42,44-49,51-52,54-58H2,1-6H3,(H-,63,65,67,68)/p+1/b13-10-,22-19-,29-27-,32-31-,35-34-,39-36-,43-40-,53-50-. The lowest BCUT2D eigenvalue weighted by molar-refractivity contribution is -0.870. The van der Waals surface area contributed by atoms with Gasteiger partial charge in [0.2, 0.25) is 5.91 Å². The van der Waals surface area contributed by atoms with Gasteiger partial charge in [0, 0.05) is 12.8 Å². The number of hydrogen-bond acceptors (Lipinski definition) is 6. The minimum atomic E-state index is -4.46. The van der Waals surface area contributed by atoms with Gasteiger partial charge in [0.15, 0.2) is 0 Å². The number of phosphoric ester groups is 1. The number of nitrogens with zero attached hydrogens (tertiary/aromatic N) is 1. The van der Waals surface area contributed by atoms with Crippen LogP contribution in [0.3, 0.4) is 0 Å². The van der Waals surface area contributed by atoms with Gasteiger partial charge in [-0.2, -0.15) is 0 Å². The summed E-state index contributed by atoms with van der Waals surface area (Å²) in [7, 11) is 1.45. The van der Waals surface area contributed by atoms with E-state index in [4.69, 9.17) is 13.8 Å². The minimum absolute atomic E-state index is 0.0260. The second-order valence-corrected chi connectivity index (χ2v) is 21.9. The molecule has 9 nitrogen and oxygen atoms in total. The minimum Gasteiger partial charge on any atom is -0.456 e. The Morgan fingerprint density at radius 2 is 0.889 bits per heavy atom. The number of rotatable bonds is 51. The summed E-state index contributed by atoms with van der Waals surface area (Å²) in [4.78, 5) is 37.5. The Kier molecular flexibility index (Phi) is 49.2. The highest BCUT2D eigenvalue weighted by molar-refractivity contribution is 7.47. The first-order valence-electron chi connectivity index (χ1n) is 29.1. The zero-order valence-electron chi connectivity index (χ0n) is 47.1. The molecule has 2 N–H and O–H groups in total. The van der Waals surface area contributed by atoms with Gasteiger partial charge in [-0.05, 0) is 109 Å². The van der Waals surface area contributed by atoms with Crippen molar-refractivity contribution < 1.29 is 37.3 Å². The van der Waals surface area contributed by atoms with Gasteiger partial charge in [-0.15, -0.1) is 0 Å². The Morgan fingerprint density at radius 3 is 1.36 bits per heavy atom. The van der Waals surface area contributed by atoms with E-state index >= 15 is 0 Å². The van der Waals surface area contributed by atoms with Crippen LogP contribution in [0.1, 0.15) is 233 Å². The smallest absolute Gasteiger partial charge is 0.456 e. The van der Waals surface area contributed by atoms with Crippen molar-refractivity contribution in [3.05, 3.63) is 97.2 Å². The predicted octanol–water partition coefficient (Wildman–Crippen LogP) is 17.6. The Bertz CT molecular complexity index is 1560. The molecule has 72 heavy (non-hydrogen) atoms. The Morgan fingerprint density at radius 1 is 0.500 bits per heavy atom. The molecule has 0 radical (unpaired) electrons. The van der Waals surface area contributed by atoms with Gasteiger partial charge in [-0.25, -0.2) is 4.57 Å². The van der Waals surface area contributed by atoms with Crippen LogP contribution in [0.2, 0.25) is 0 Å². The van der Waals surface area contributed by atoms with Crippen molar-refractivity contribution in [1.82, 2.24) is 5.32 Å². The summed E-state index contributed by atoms with van der Waals surface area (Å²) in [5.41, 5.74) is 0. The van der Waals surface area contributed by atoms with E-state index in [0.29, 0.717) is 30.3 Å². The van der Waals surface area contributed by atoms with Gasteiger partial charge >= 0.3 is 13.8 Å². The molecule has 0 aromatic rings. The third kappa shape index (κ3) is 51.8. The third-order valence-corrected chi connectivity index (χ3v) is 13.2. The van der Waals surface area contributed by atoms with Crippen molar-refractivity contribution in [1.29, 1.82) is 0 Å². The number of likely N-dealkylation sites (N-methyl/N-ethyl adjacent to an activating group) is 1. The summed E-state index contributed by atoms with van der Waals surface area (Å²) in [5.74, 6) is -0.581. The number of quaternary nitrogens is 1. The quantitative estimate of drug-likeness (QED) is 0.0205.